The van der Waals surface area contributed by atoms with Crippen LogP contribution >= 0.6 is 0 Å². The van der Waals surface area contributed by atoms with E-state index in [4.69, 9.17) is 4.74 Å². The lowest BCUT2D eigenvalue weighted by Gasteiger charge is -2.09. The van der Waals surface area contributed by atoms with Crippen molar-refractivity contribution in [3.63, 3.8) is 0 Å². The lowest BCUT2D eigenvalue weighted by Crippen LogP contribution is -2.36. The molecule has 0 bridgehead atoms. The van der Waals surface area contributed by atoms with Crippen molar-refractivity contribution in [3.05, 3.63) is 59.4 Å². The minimum atomic E-state index is -0.198. The highest BCUT2D eigenvalue weighted by atomic mass is 16.5. The van der Waals surface area contributed by atoms with Gasteiger partial charge in [-0.05, 0) is 36.2 Å². The zero-order valence-electron chi connectivity index (χ0n) is 14.4. The standard InChI is InChI=1S/C19H22N4O2/c1-13-7-8-14(11-17(13)25-2)12-21-19(24)20-10-9-18-22-15-5-3-4-6-16(15)23-18/h3-8,11H,9-10,12H2,1-2H3,(H,22,23)(H2,20,21,24). The van der Waals surface area contributed by atoms with Crippen molar-refractivity contribution in [2.24, 2.45) is 0 Å². The Balaban J connectivity index is 1.45. The quantitative estimate of drug-likeness (QED) is 0.646. The number of carbonyl (C=O) groups excluding carboxylic acids is 1. The number of para-hydroxylation sites is 2. The van der Waals surface area contributed by atoms with Crippen molar-refractivity contribution in [3.8, 4) is 5.75 Å². The van der Waals surface area contributed by atoms with Gasteiger partial charge in [0, 0.05) is 19.5 Å². The SMILES string of the molecule is COc1cc(CNC(=O)NCCc2nc3ccccc3[nH]2)ccc1C. The zero-order valence-corrected chi connectivity index (χ0v) is 14.4. The third kappa shape index (κ3) is 4.29. The molecule has 0 aliphatic heterocycles. The Hall–Kier alpha value is -3.02. The fourth-order valence-electron chi connectivity index (χ4n) is 2.64. The zero-order chi connectivity index (χ0) is 17.6. The van der Waals surface area contributed by atoms with E-state index in [0.717, 1.165) is 33.7 Å². The van der Waals surface area contributed by atoms with E-state index < -0.39 is 0 Å². The van der Waals surface area contributed by atoms with E-state index in [1.807, 2.05) is 49.4 Å². The molecule has 0 saturated heterocycles. The summed E-state index contributed by atoms with van der Waals surface area (Å²) < 4.78 is 5.29. The fraction of sp³-hybridized carbons (Fsp3) is 0.263. The molecule has 0 radical (unpaired) electrons. The van der Waals surface area contributed by atoms with Gasteiger partial charge < -0.3 is 20.4 Å². The summed E-state index contributed by atoms with van der Waals surface area (Å²) in [5, 5.41) is 5.69. The molecule has 0 aliphatic rings. The lowest BCUT2D eigenvalue weighted by atomic mass is 10.1. The summed E-state index contributed by atoms with van der Waals surface area (Å²) in [4.78, 5) is 19.7. The first-order valence-electron chi connectivity index (χ1n) is 8.24. The number of hydrogen-bond donors (Lipinski definition) is 3. The van der Waals surface area contributed by atoms with E-state index in [1.54, 1.807) is 7.11 Å². The number of ether oxygens (including phenoxy) is 1. The maximum absolute atomic E-state index is 11.9. The first kappa shape index (κ1) is 16.8. The number of imidazole rings is 1. The number of H-pyrrole nitrogens is 1. The van der Waals surface area contributed by atoms with Crippen LogP contribution in [-0.2, 0) is 13.0 Å². The van der Waals surface area contributed by atoms with Gasteiger partial charge in [0.15, 0.2) is 0 Å². The van der Waals surface area contributed by atoms with E-state index in [1.165, 1.54) is 0 Å². The Morgan fingerprint density at radius 3 is 2.84 bits per heavy atom. The molecule has 0 fully saturated rings. The van der Waals surface area contributed by atoms with Crippen molar-refractivity contribution in [2.45, 2.75) is 19.9 Å². The molecule has 6 heteroatoms. The highest BCUT2D eigenvalue weighted by molar-refractivity contribution is 5.75. The molecule has 3 N–H and O–H groups in total. The summed E-state index contributed by atoms with van der Waals surface area (Å²) in [6, 6.07) is 13.6. The van der Waals surface area contributed by atoms with Crippen LogP contribution in [0.5, 0.6) is 5.75 Å². The molecule has 0 aliphatic carbocycles. The van der Waals surface area contributed by atoms with Crippen LogP contribution in [0.3, 0.4) is 0 Å². The predicted octanol–water partition coefficient (Wildman–Crippen LogP) is 2.92. The molecule has 0 saturated carbocycles. The van der Waals surface area contributed by atoms with E-state index in [0.29, 0.717) is 19.5 Å². The average Bonchev–Trinajstić information content (AvgIpc) is 3.03. The summed E-state index contributed by atoms with van der Waals surface area (Å²) in [6.45, 7) is 2.96. The second-order valence-corrected chi connectivity index (χ2v) is 5.86. The molecule has 0 unspecified atom stereocenters. The van der Waals surface area contributed by atoms with Crippen molar-refractivity contribution >= 4 is 17.1 Å². The van der Waals surface area contributed by atoms with Gasteiger partial charge in [-0.3, -0.25) is 0 Å². The van der Waals surface area contributed by atoms with E-state index in [9.17, 15) is 4.79 Å². The molecule has 2 amide bonds. The van der Waals surface area contributed by atoms with Crippen molar-refractivity contribution in [1.29, 1.82) is 0 Å². The number of nitrogens with one attached hydrogen (secondary N) is 3. The molecule has 2 aromatic carbocycles. The molecule has 3 aromatic rings. The topological polar surface area (TPSA) is 79.0 Å². The van der Waals surface area contributed by atoms with Gasteiger partial charge in [0.25, 0.3) is 0 Å². The number of aromatic nitrogens is 2. The minimum Gasteiger partial charge on any atom is -0.496 e. The summed E-state index contributed by atoms with van der Waals surface area (Å²) in [5.74, 6) is 1.69. The molecular weight excluding hydrogens is 316 g/mol. The second-order valence-electron chi connectivity index (χ2n) is 5.86. The Kier molecular flexibility index (Phi) is 5.18. The van der Waals surface area contributed by atoms with Crippen LogP contribution in [0.2, 0.25) is 0 Å². The minimum absolute atomic E-state index is 0.198. The third-order valence-electron chi connectivity index (χ3n) is 4.01. The summed E-state index contributed by atoms with van der Waals surface area (Å²) >= 11 is 0. The first-order chi connectivity index (χ1) is 12.2. The van der Waals surface area contributed by atoms with Crippen LogP contribution < -0.4 is 15.4 Å². The number of benzene rings is 2. The van der Waals surface area contributed by atoms with Gasteiger partial charge in [0.2, 0.25) is 0 Å². The van der Waals surface area contributed by atoms with Crippen LogP contribution in [0.15, 0.2) is 42.5 Å². The van der Waals surface area contributed by atoms with Crippen molar-refractivity contribution in [1.82, 2.24) is 20.6 Å². The van der Waals surface area contributed by atoms with Crippen LogP contribution in [0.1, 0.15) is 17.0 Å². The normalized spacial score (nSPS) is 10.6. The molecule has 0 spiro atoms. The van der Waals surface area contributed by atoms with Gasteiger partial charge in [-0.2, -0.15) is 0 Å². The molecule has 1 aromatic heterocycles. The highest BCUT2D eigenvalue weighted by Gasteiger charge is 2.05. The monoisotopic (exact) mass is 338 g/mol. The van der Waals surface area contributed by atoms with E-state index in [-0.39, 0.29) is 6.03 Å². The Labute approximate surface area is 146 Å². The number of fused-ring (bicyclic) bond motifs is 1. The summed E-state index contributed by atoms with van der Waals surface area (Å²) in [6.07, 6.45) is 0.653. The van der Waals surface area contributed by atoms with Gasteiger partial charge >= 0.3 is 6.03 Å². The lowest BCUT2D eigenvalue weighted by molar-refractivity contribution is 0.240. The Morgan fingerprint density at radius 1 is 1.20 bits per heavy atom. The molecular formula is C19H22N4O2. The van der Waals surface area contributed by atoms with Crippen molar-refractivity contribution < 1.29 is 9.53 Å². The largest absolute Gasteiger partial charge is 0.496 e. The number of carbonyl (C=O) groups is 1. The van der Waals surface area contributed by atoms with Crippen molar-refractivity contribution in [2.75, 3.05) is 13.7 Å². The molecule has 130 valence electrons. The van der Waals surface area contributed by atoms with Gasteiger partial charge in [-0.1, -0.05) is 24.3 Å². The molecule has 3 rings (SSSR count). The number of methoxy groups -OCH3 is 1. The number of rotatable bonds is 6. The number of hydrogen-bond acceptors (Lipinski definition) is 3. The maximum atomic E-state index is 11.9. The number of nitrogens with zero attached hydrogens (tertiary/aromatic N) is 1. The highest BCUT2D eigenvalue weighted by Crippen LogP contribution is 2.18. The number of urea groups is 1. The molecule has 25 heavy (non-hydrogen) atoms. The Bertz CT molecular complexity index is 840. The van der Waals surface area contributed by atoms with Crippen LogP contribution in [0, 0.1) is 6.92 Å². The summed E-state index contributed by atoms with van der Waals surface area (Å²) in [7, 11) is 1.64. The van der Waals surface area contributed by atoms with E-state index in [2.05, 4.69) is 20.6 Å². The predicted molar refractivity (Wildman–Crippen MR) is 97.8 cm³/mol. The van der Waals surface area contributed by atoms with Gasteiger partial charge in [0.05, 0.1) is 18.1 Å². The number of aromatic amines is 1. The van der Waals surface area contributed by atoms with Crippen LogP contribution in [0.25, 0.3) is 11.0 Å². The first-order valence-corrected chi connectivity index (χ1v) is 8.24. The molecule has 1 heterocycles. The summed E-state index contributed by atoms with van der Waals surface area (Å²) in [5.41, 5.74) is 4.02. The van der Waals surface area contributed by atoms with Crippen LogP contribution in [-0.4, -0.2) is 29.7 Å². The molecule has 0 atom stereocenters. The average molecular weight is 338 g/mol. The molecule has 6 nitrogen and oxygen atoms in total. The van der Waals surface area contributed by atoms with Crippen LogP contribution in [0.4, 0.5) is 4.79 Å². The van der Waals surface area contributed by atoms with E-state index >= 15 is 0 Å². The Morgan fingerprint density at radius 2 is 2.04 bits per heavy atom. The second kappa shape index (κ2) is 7.70. The fourth-order valence-corrected chi connectivity index (χ4v) is 2.64. The smallest absolute Gasteiger partial charge is 0.315 e. The van der Waals surface area contributed by atoms with Gasteiger partial charge in [0.1, 0.15) is 11.6 Å². The number of aryl methyl sites for hydroxylation is 1. The number of amides is 2. The van der Waals surface area contributed by atoms with Gasteiger partial charge in [-0.15, -0.1) is 0 Å². The maximum Gasteiger partial charge on any atom is 0.315 e. The van der Waals surface area contributed by atoms with Gasteiger partial charge in [-0.25, -0.2) is 9.78 Å². The third-order valence-corrected chi connectivity index (χ3v) is 4.01.